The number of anilines is 2. The average molecular weight is 492 g/mol. The number of hydrogen-bond donors (Lipinski definition) is 2. The van der Waals surface area contributed by atoms with E-state index in [-0.39, 0.29) is 30.7 Å². The van der Waals surface area contributed by atoms with E-state index in [1.165, 1.54) is 7.11 Å². The maximum atomic E-state index is 11.9. The second-order valence-electron chi connectivity index (χ2n) is 8.75. The molecule has 3 atom stereocenters. The van der Waals surface area contributed by atoms with Gasteiger partial charge >= 0.3 is 0 Å². The number of ether oxygens (including phenoxy) is 2. The summed E-state index contributed by atoms with van der Waals surface area (Å²) < 4.78 is 13.1. The van der Waals surface area contributed by atoms with Crippen molar-refractivity contribution in [1.82, 2.24) is 14.9 Å². The first-order valence-corrected chi connectivity index (χ1v) is 12.2. The van der Waals surface area contributed by atoms with Gasteiger partial charge in [0, 0.05) is 49.7 Å². The molecular formula is C26H29N5O3S. The number of rotatable bonds is 8. The third kappa shape index (κ3) is 5.07. The van der Waals surface area contributed by atoms with Crippen LogP contribution in [0.4, 0.5) is 11.4 Å². The Bertz CT molecular complexity index is 1160. The van der Waals surface area contributed by atoms with Crippen LogP contribution in [0.5, 0.6) is 0 Å². The molecule has 5 rings (SSSR count). The first-order valence-electron chi connectivity index (χ1n) is 11.8. The SMILES string of the molecule is COCC(=O)Nc1ccc(N2C(=S)N[C@H](c3ccccn3)[C@H]2c2cccn2C[C@@H]2CCCO2)cc1. The summed E-state index contributed by atoms with van der Waals surface area (Å²) in [7, 11) is 1.50. The van der Waals surface area contributed by atoms with Gasteiger partial charge < -0.3 is 29.6 Å². The van der Waals surface area contributed by atoms with Crippen LogP contribution in [0.25, 0.3) is 0 Å². The summed E-state index contributed by atoms with van der Waals surface area (Å²) in [6.07, 6.45) is 6.32. The van der Waals surface area contributed by atoms with E-state index in [2.05, 4.69) is 43.4 Å². The fourth-order valence-corrected chi connectivity index (χ4v) is 5.18. The monoisotopic (exact) mass is 491 g/mol. The van der Waals surface area contributed by atoms with Gasteiger partial charge in [0.1, 0.15) is 12.6 Å². The third-order valence-electron chi connectivity index (χ3n) is 6.39. The number of benzene rings is 1. The molecule has 0 radical (unpaired) electrons. The van der Waals surface area contributed by atoms with Crippen molar-refractivity contribution in [3.8, 4) is 0 Å². The summed E-state index contributed by atoms with van der Waals surface area (Å²) in [5.74, 6) is -0.196. The molecule has 9 heteroatoms. The zero-order valence-corrected chi connectivity index (χ0v) is 20.4. The zero-order valence-electron chi connectivity index (χ0n) is 19.6. The number of nitrogens with zero attached hydrogens (tertiary/aromatic N) is 3. The number of pyridine rings is 1. The molecule has 2 fully saturated rings. The van der Waals surface area contributed by atoms with Crippen molar-refractivity contribution in [1.29, 1.82) is 0 Å². The first kappa shape index (κ1) is 23.5. The average Bonchev–Trinajstić information content (AvgIpc) is 3.61. The van der Waals surface area contributed by atoms with Gasteiger partial charge in [-0.05, 0) is 73.6 Å². The number of methoxy groups -OCH3 is 1. The Hall–Kier alpha value is -3.27. The number of amides is 1. The number of hydrogen-bond acceptors (Lipinski definition) is 5. The quantitative estimate of drug-likeness (QED) is 0.464. The summed E-state index contributed by atoms with van der Waals surface area (Å²) in [5, 5.41) is 6.97. The summed E-state index contributed by atoms with van der Waals surface area (Å²) in [6, 6.07) is 17.6. The second-order valence-corrected chi connectivity index (χ2v) is 9.13. The van der Waals surface area contributed by atoms with Crippen molar-refractivity contribution in [2.24, 2.45) is 0 Å². The topological polar surface area (TPSA) is 80.7 Å². The van der Waals surface area contributed by atoms with Crippen LogP contribution in [0.15, 0.2) is 67.0 Å². The van der Waals surface area contributed by atoms with Crippen molar-refractivity contribution in [2.45, 2.75) is 37.6 Å². The van der Waals surface area contributed by atoms with Gasteiger partial charge in [0.25, 0.3) is 0 Å². The summed E-state index contributed by atoms with van der Waals surface area (Å²) in [6.45, 7) is 1.64. The molecule has 0 bridgehead atoms. The van der Waals surface area contributed by atoms with Crippen molar-refractivity contribution in [3.63, 3.8) is 0 Å². The highest BCUT2D eigenvalue weighted by Gasteiger charge is 2.42. The third-order valence-corrected chi connectivity index (χ3v) is 6.71. The lowest BCUT2D eigenvalue weighted by Gasteiger charge is -2.29. The van der Waals surface area contributed by atoms with Gasteiger partial charge in [-0.2, -0.15) is 0 Å². The zero-order chi connectivity index (χ0) is 24.2. The smallest absolute Gasteiger partial charge is 0.250 e. The Morgan fingerprint density at radius 2 is 2.09 bits per heavy atom. The molecule has 0 aliphatic carbocycles. The normalized spacial score (nSPS) is 21.8. The van der Waals surface area contributed by atoms with E-state index in [4.69, 9.17) is 21.7 Å². The van der Waals surface area contributed by atoms with E-state index in [1.54, 1.807) is 0 Å². The summed E-state index contributed by atoms with van der Waals surface area (Å²) in [4.78, 5) is 18.7. The highest BCUT2D eigenvalue weighted by molar-refractivity contribution is 7.80. The molecule has 4 heterocycles. The second kappa shape index (κ2) is 10.6. The van der Waals surface area contributed by atoms with Crippen molar-refractivity contribution in [3.05, 3.63) is 78.4 Å². The molecule has 3 aromatic rings. The molecule has 0 saturated carbocycles. The van der Waals surface area contributed by atoms with E-state index >= 15 is 0 Å². The van der Waals surface area contributed by atoms with Crippen LogP contribution in [0.2, 0.25) is 0 Å². The van der Waals surface area contributed by atoms with Gasteiger partial charge in [0.15, 0.2) is 5.11 Å². The lowest BCUT2D eigenvalue weighted by atomic mass is 10.0. The van der Waals surface area contributed by atoms with Crippen LogP contribution in [-0.4, -0.2) is 47.0 Å². The molecule has 182 valence electrons. The Balaban J connectivity index is 1.48. The van der Waals surface area contributed by atoms with E-state index in [0.29, 0.717) is 10.8 Å². The molecule has 2 aromatic heterocycles. The van der Waals surface area contributed by atoms with Crippen molar-refractivity contribution in [2.75, 3.05) is 30.5 Å². The van der Waals surface area contributed by atoms with Crippen LogP contribution in [0.3, 0.4) is 0 Å². The number of thiocarbonyl (C=S) groups is 1. The maximum Gasteiger partial charge on any atom is 0.250 e. The lowest BCUT2D eigenvalue weighted by Crippen LogP contribution is -2.31. The summed E-state index contributed by atoms with van der Waals surface area (Å²) >= 11 is 5.84. The number of nitrogens with one attached hydrogen (secondary N) is 2. The highest BCUT2D eigenvalue weighted by atomic mass is 32.1. The van der Waals surface area contributed by atoms with Gasteiger partial charge in [0.05, 0.1) is 17.8 Å². The Morgan fingerprint density at radius 1 is 1.23 bits per heavy atom. The lowest BCUT2D eigenvalue weighted by molar-refractivity contribution is -0.119. The van der Waals surface area contributed by atoms with E-state index in [0.717, 1.165) is 43.1 Å². The highest BCUT2D eigenvalue weighted by Crippen LogP contribution is 2.42. The van der Waals surface area contributed by atoms with Gasteiger partial charge in [-0.15, -0.1) is 0 Å². The number of aromatic nitrogens is 2. The van der Waals surface area contributed by atoms with Crippen molar-refractivity contribution >= 4 is 34.6 Å². The fraction of sp³-hybridized carbons (Fsp3) is 0.346. The van der Waals surface area contributed by atoms with Crippen LogP contribution >= 0.6 is 12.2 Å². The van der Waals surface area contributed by atoms with E-state index < -0.39 is 0 Å². The minimum Gasteiger partial charge on any atom is -0.376 e. The molecule has 0 unspecified atom stereocenters. The van der Waals surface area contributed by atoms with Crippen LogP contribution in [0, 0.1) is 0 Å². The van der Waals surface area contributed by atoms with E-state index in [1.807, 2.05) is 48.7 Å². The first-order chi connectivity index (χ1) is 17.1. The molecular weight excluding hydrogens is 462 g/mol. The maximum absolute atomic E-state index is 11.9. The number of carbonyl (C=O) groups excluding carboxylic acids is 1. The molecule has 1 amide bonds. The number of carbonyl (C=O) groups is 1. The van der Waals surface area contributed by atoms with E-state index in [9.17, 15) is 4.79 Å². The minimum atomic E-state index is -0.196. The standard InChI is InChI=1S/C26H29N5O3S/c1-33-17-23(32)28-18-9-11-19(12-10-18)31-25(24(29-26(31)35)21-7-2-3-13-27-21)22-8-4-14-30(22)16-20-6-5-15-34-20/h2-4,7-14,20,24-25H,5-6,15-17H2,1H3,(H,28,32)(H,29,35)/t20-,24+,25+/m0/s1. The van der Waals surface area contributed by atoms with Crippen LogP contribution in [-0.2, 0) is 20.8 Å². The summed E-state index contributed by atoms with van der Waals surface area (Å²) in [5.41, 5.74) is 3.70. The minimum absolute atomic E-state index is 0.0113. The molecule has 35 heavy (non-hydrogen) atoms. The van der Waals surface area contributed by atoms with Gasteiger partial charge in [-0.25, -0.2) is 0 Å². The van der Waals surface area contributed by atoms with Gasteiger partial charge in [0.2, 0.25) is 5.91 Å². The van der Waals surface area contributed by atoms with Crippen molar-refractivity contribution < 1.29 is 14.3 Å². The predicted octanol–water partition coefficient (Wildman–Crippen LogP) is 3.82. The molecule has 2 N–H and O–H groups in total. The Morgan fingerprint density at radius 3 is 2.80 bits per heavy atom. The van der Waals surface area contributed by atoms with Gasteiger partial charge in [-0.1, -0.05) is 6.07 Å². The largest absolute Gasteiger partial charge is 0.376 e. The molecule has 0 spiro atoms. The molecule has 8 nitrogen and oxygen atoms in total. The Kier molecular flexibility index (Phi) is 7.08. The molecule has 2 aliphatic heterocycles. The Labute approximate surface area is 210 Å². The molecule has 1 aromatic carbocycles. The van der Waals surface area contributed by atoms with Gasteiger partial charge in [-0.3, -0.25) is 9.78 Å². The predicted molar refractivity (Wildman–Crippen MR) is 138 cm³/mol. The fourth-order valence-electron chi connectivity index (χ4n) is 4.84. The molecule has 2 aliphatic rings. The van der Waals surface area contributed by atoms with Crippen LogP contribution in [0.1, 0.15) is 36.3 Å². The van der Waals surface area contributed by atoms with Crippen LogP contribution < -0.4 is 15.5 Å². The molecule has 2 saturated heterocycles.